The molecule has 4 heterocycles. The minimum atomic E-state index is -0.738. The molecule has 20 nitrogen and oxygen atoms in total. The molecule has 0 fully saturated rings. The van der Waals surface area contributed by atoms with Crippen LogP contribution in [0, 0.1) is 40.5 Å². The van der Waals surface area contributed by atoms with Gasteiger partial charge >= 0.3 is 27.9 Å². The van der Waals surface area contributed by atoms with E-state index in [-0.39, 0.29) is 52.1 Å². The third-order valence-electron chi connectivity index (χ3n) is 11.8. The molecule has 0 amide bonds. The summed E-state index contributed by atoms with van der Waals surface area (Å²) < 4.78 is 0. The van der Waals surface area contributed by atoms with Crippen molar-refractivity contribution >= 4 is 78.8 Å². The predicted octanol–water partition coefficient (Wildman–Crippen LogP) is 11.3. The second-order valence-electron chi connectivity index (χ2n) is 15.6. The molecule has 1 aliphatic heterocycles. The first-order valence-corrected chi connectivity index (χ1v) is 22.6. The van der Waals surface area contributed by atoms with Crippen molar-refractivity contribution in [1.82, 2.24) is 19.9 Å². The number of hydrogen-bond acceptors (Lipinski definition) is 14. The molecule has 0 saturated carbocycles. The first-order chi connectivity index (χ1) is 32.6. The monoisotopic (exact) mass is 982 g/mol. The minimum Gasteiger partial charge on any atom is -0.657 e. The van der Waals surface area contributed by atoms with E-state index in [1.54, 1.807) is 12.1 Å². The number of aromatic nitrogens is 4. The van der Waals surface area contributed by atoms with Crippen molar-refractivity contribution in [3.05, 3.63) is 146 Å². The summed E-state index contributed by atoms with van der Waals surface area (Å²) in [5.74, 6) is 0. The smallest absolute Gasteiger partial charge is 0.657 e. The molecule has 362 valence electrons. The van der Waals surface area contributed by atoms with Crippen LogP contribution in [0.5, 0.6) is 0 Å². The van der Waals surface area contributed by atoms with Gasteiger partial charge in [0.2, 0.25) is 0 Å². The van der Waals surface area contributed by atoms with Crippen molar-refractivity contribution in [1.29, 1.82) is 0 Å². The number of rotatable bonds is 18. The van der Waals surface area contributed by atoms with E-state index < -0.39 is 42.4 Å². The van der Waals surface area contributed by atoms with Gasteiger partial charge in [0.1, 0.15) is 11.4 Å². The summed E-state index contributed by atoms with van der Waals surface area (Å²) in [6, 6.07) is 14.1. The molecule has 21 heteroatoms. The Kier molecular flexibility index (Phi) is 17.3. The molecule has 2 N–H and O–H groups in total. The molecule has 1 aliphatic rings. The SMILES string of the molecule is CCC1=C(CC)c2cc3[n-]c(cc(/C(CC)=N/Nc4ccc([N+](=O)[O-])cc4[N+](=O)[O-])nc(/C(CC)=N/Nc4ccc([N+](=O)[O-])cc4[N+](=O)[O-])cc4[n-]c(cc1n2)c(CC)c4CC)c(CC)c3CC.[Ni+2]. The molecule has 3 aromatic heterocycles. The van der Waals surface area contributed by atoms with E-state index in [1.807, 2.05) is 39.8 Å². The van der Waals surface area contributed by atoms with E-state index in [0.717, 1.165) is 92.9 Å². The molecular weight excluding hydrogens is 931 g/mol. The van der Waals surface area contributed by atoms with E-state index in [2.05, 4.69) is 48.7 Å². The van der Waals surface area contributed by atoms with Crippen LogP contribution in [-0.2, 0) is 42.2 Å². The molecule has 6 rings (SSSR count). The molecule has 0 radical (unpaired) electrons. The number of allylic oxidation sites excluding steroid dienone is 2. The van der Waals surface area contributed by atoms with E-state index in [9.17, 15) is 40.5 Å². The van der Waals surface area contributed by atoms with Crippen LogP contribution in [0.4, 0.5) is 34.1 Å². The molecule has 6 bridgehead atoms. The summed E-state index contributed by atoms with van der Waals surface area (Å²) in [6.07, 6.45) is 4.44. The Hall–Kier alpha value is -7.67. The summed E-state index contributed by atoms with van der Waals surface area (Å²) >= 11 is 0. The fraction of sp³-hybridized carbons (Fsp3) is 0.333. The number of nitrogens with zero attached hydrogens (tertiary/aromatic N) is 10. The van der Waals surface area contributed by atoms with Gasteiger partial charge in [-0.3, -0.25) is 51.3 Å². The number of nitro benzene ring substituents is 4. The quantitative estimate of drug-likeness (QED) is 0.0358. The van der Waals surface area contributed by atoms with Gasteiger partial charge in [-0.05, 0) is 86.8 Å². The molecule has 0 saturated heterocycles. The Bertz CT molecular complexity index is 2900. The minimum absolute atomic E-state index is 0. The Morgan fingerprint density at radius 1 is 0.493 bits per heavy atom. The van der Waals surface area contributed by atoms with Gasteiger partial charge in [-0.15, -0.1) is 22.1 Å². The van der Waals surface area contributed by atoms with Gasteiger partial charge in [-0.1, -0.05) is 89.8 Å². The molecule has 0 aliphatic carbocycles. The van der Waals surface area contributed by atoms with Crippen LogP contribution in [0.25, 0.3) is 33.2 Å². The molecule has 0 atom stereocenters. The van der Waals surface area contributed by atoms with Gasteiger partial charge in [0, 0.05) is 12.1 Å². The molecule has 0 spiro atoms. The van der Waals surface area contributed by atoms with Crippen LogP contribution < -0.4 is 20.8 Å². The standard InChI is InChI=1S/C48H52N12O8.Ni/c1-9-29-30(10-2)40-24-42-32(12-4)34(14-6)44(51-42)26-46(36(16-8)54-56-38-20-18-28(58(63)64)22-48(38)60(67)68)52-45(25-43-33(13-5)31(11-3)41(50-43)23-39(29)49-40)35(15-7)53-55-37-19-17-27(57(61)62)21-47(37)59(65)66;/h17-26,55-56H,9-16H2,1-8H3;/q-2;+2/b39-23?,40-24?,41-23?,42-24?,43-25?,44-26?,45-25?,46-26?,52-45?,52-46?,53-35+,54-36+;. The largest absolute Gasteiger partial charge is 2.00 e. The summed E-state index contributed by atoms with van der Waals surface area (Å²) in [7, 11) is 0. The van der Waals surface area contributed by atoms with Crippen LogP contribution in [0.3, 0.4) is 0 Å². The first-order valence-electron chi connectivity index (χ1n) is 22.6. The number of anilines is 2. The molecule has 2 aromatic carbocycles. The number of fused-ring (bicyclic) bond motifs is 6. The Labute approximate surface area is 407 Å². The van der Waals surface area contributed by atoms with Crippen molar-refractivity contribution < 1.29 is 36.2 Å². The number of nitro groups is 4. The van der Waals surface area contributed by atoms with Gasteiger partial charge in [0.15, 0.2) is 0 Å². The fourth-order valence-corrected chi connectivity index (χ4v) is 8.46. The molecular formula is C48H52N12NiO8. The number of non-ortho nitro benzene ring substituents is 2. The third kappa shape index (κ3) is 11.0. The van der Waals surface area contributed by atoms with E-state index in [0.29, 0.717) is 48.1 Å². The average Bonchev–Trinajstić information content (AvgIpc) is 3.96. The van der Waals surface area contributed by atoms with E-state index in [4.69, 9.17) is 19.9 Å². The summed E-state index contributed by atoms with van der Waals surface area (Å²) in [5.41, 5.74) is 15.0. The summed E-state index contributed by atoms with van der Waals surface area (Å²) in [6.45, 7) is 16.1. The van der Waals surface area contributed by atoms with Crippen molar-refractivity contribution in [3.63, 3.8) is 0 Å². The Morgan fingerprint density at radius 3 is 1.13 bits per heavy atom. The summed E-state index contributed by atoms with van der Waals surface area (Å²) in [5, 5.41) is 56.7. The van der Waals surface area contributed by atoms with Crippen LogP contribution in [0.15, 0.2) is 70.9 Å². The zero-order chi connectivity index (χ0) is 49.4. The van der Waals surface area contributed by atoms with Crippen molar-refractivity contribution in [2.24, 2.45) is 10.2 Å². The number of benzene rings is 2. The number of hydrazone groups is 2. The van der Waals surface area contributed by atoms with Gasteiger partial charge in [-0.2, -0.15) is 10.2 Å². The second kappa shape index (κ2) is 22.9. The van der Waals surface area contributed by atoms with Gasteiger partial charge in [0.25, 0.3) is 11.4 Å². The van der Waals surface area contributed by atoms with Gasteiger partial charge in [-0.25, -0.2) is 9.97 Å². The van der Waals surface area contributed by atoms with E-state index in [1.165, 1.54) is 12.1 Å². The zero-order valence-electron chi connectivity index (χ0n) is 39.5. The Balaban J connectivity index is 0.00000888. The van der Waals surface area contributed by atoms with Crippen LogP contribution in [0.2, 0.25) is 0 Å². The number of aryl methyl sites for hydroxylation is 4. The number of hydrogen-bond donors (Lipinski definition) is 2. The predicted molar refractivity (Wildman–Crippen MR) is 264 cm³/mol. The maximum Gasteiger partial charge on any atom is 2.00 e. The van der Waals surface area contributed by atoms with E-state index >= 15 is 0 Å². The van der Waals surface area contributed by atoms with Crippen LogP contribution >= 0.6 is 0 Å². The maximum absolute atomic E-state index is 12.2. The zero-order valence-corrected chi connectivity index (χ0v) is 40.5. The van der Waals surface area contributed by atoms with Gasteiger partial charge < -0.3 is 9.97 Å². The third-order valence-corrected chi connectivity index (χ3v) is 11.8. The first kappa shape index (κ1) is 52.3. The van der Waals surface area contributed by atoms with Crippen molar-refractivity contribution in [3.8, 4) is 0 Å². The van der Waals surface area contributed by atoms with Crippen molar-refractivity contribution in [2.45, 2.75) is 107 Å². The topological polar surface area (TPSA) is 275 Å². The molecule has 69 heavy (non-hydrogen) atoms. The summed E-state index contributed by atoms with van der Waals surface area (Å²) in [4.78, 5) is 65.4. The van der Waals surface area contributed by atoms with Crippen LogP contribution in [-0.4, -0.2) is 41.1 Å². The average molecular weight is 984 g/mol. The fourth-order valence-electron chi connectivity index (χ4n) is 8.46. The number of nitrogens with one attached hydrogen (secondary N) is 2. The van der Waals surface area contributed by atoms with Crippen molar-refractivity contribution in [2.75, 3.05) is 10.9 Å². The van der Waals surface area contributed by atoms with Crippen LogP contribution in [0.1, 0.15) is 126 Å². The second-order valence-corrected chi connectivity index (χ2v) is 15.6. The molecule has 5 aromatic rings. The normalized spacial score (nSPS) is 12.1. The molecule has 0 unspecified atom stereocenters. The Morgan fingerprint density at radius 2 is 0.841 bits per heavy atom. The van der Waals surface area contributed by atoms with Gasteiger partial charge in [0.05, 0.1) is 66.0 Å². The maximum atomic E-state index is 12.2.